The zero-order valence-corrected chi connectivity index (χ0v) is 12.5. The number of nitrogens with two attached hydrogens (primary N) is 1. The van der Waals surface area contributed by atoms with Crippen molar-refractivity contribution in [3.8, 4) is 0 Å². The summed E-state index contributed by atoms with van der Waals surface area (Å²) in [5.41, 5.74) is 7.05. The van der Waals surface area contributed by atoms with Crippen molar-refractivity contribution in [1.29, 1.82) is 0 Å². The minimum Gasteiger partial charge on any atom is -0.398 e. The summed E-state index contributed by atoms with van der Waals surface area (Å²) in [7, 11) is 0. The highest BCUT2D eigenvalue weighted by Gasteiger charge is 2.10. The molecule has 2 N–H and O–H groups in total. The third-order valence-corrected chi connectivity index (χ3v) is 4.64. The average Bonchev–Trinajstić information content (AvgIpc) is 2.80. The van der Waals surface area contributed by atoms with Crippen LogP contribution >= 0.6 is 27.3 Å². The molecule has 0 radical (unpaired) electrons. The van der Waals surface area contributed by atoms with Crippen LogP contribution in [-0.4, -0.2) is 5.78 Å². The summed E-state index contributed by atoms with van der Waals surface area (Å²) in [5, 5.41) is 0. The Hall–Kier alpha value is -1.13. The molecule has 4 heteroatoms. The number of aryl methyl sites for hydroxylation is 1. The Morgan fingerprint density at radius 2 is 2.00 bits per heavy atom. The smallest absolute Gasteiger partial charge is 0.168 e. The van der Waals surface area contributed by atoms with Gasteiger partial charge in [-0.2, -0.15) is 0 Å². The zero-order valence-electron chi connectivity index (χ0n) is 10.1. The molecule has 0 spiro atoms. The minimum atomic E-state index is 0.125. The molecular formula is C14H14BrNOS. The first-order chi connectivity index (χ1) is 8.60. The van der Waals surface area contributed by atoms with Gasteiger partial charge >= 0.3 is 0 Å². The molecule has 0 saturated carbocycles. The number of hydrogen-bond donors (Lipinski definition) is 1. The van der Waals surface area contributed by atoms with Crippen molar-refractivity contribution in [2.75, 3.05) is 5.73 Å². The maximum atomic E-state index is 12.1. The summed E-state index contributed by atoms with van der Waals surface area (Å²) in [6.07, 6.45) is 1.48. The van der Waals surface area contributed by atoms with E-state index < -0.39 is 0 Å². The lowest BCUT2D eigenvalue weighted by molar-refractivity contribution is 0.0994. The highest BCUT2D eigenvalue weighted by atomic mass is 79.9. The number of benzene rings is 1. The first kappa shape index (κ1) is 13.3. The maximum absolute atomic E-state index is 12.1. The van der Waals surface area contributed by atoms with Crippen molar-refractivity contribution in [2.24, 2.45) is 0 Å². The Morgan fingerprint density at radius 3 is 2.61 bits per heavy atom. The number of ketones is 1. The zero-order chi connectivity index (χ0) is 13.1. The van der Waals surface area contributed by atoms with Crippen LogP contribution in [0.5, 0.6) is 0 Å². The molecule has 2 aromatic rings. The fourth-order valence-corrected chi connectivity index (χ4v) is 3.00. The number of carbonyl (C=O) groups excluding carboxylic acids is 1. The Morgan fingerprint density at radius 1 is 1.28 bits per heavy atom. The van der Waals surface area contributed by atoms with Gasteiger partial charge in [-0.1, -0.05) is 6.92 Å². The molecule has 0 aliphatic heterocycles. The summed E-state index contributed by atoms with van der Waals surface area (Å²) in [6.45, 7) is 2.12. The van der Waals surface area contributed by atoms with Crippen LogP contribution < -0.4 is 5.73 Å². The van der Waals surface area contributed by atoms with Gasteiger partial charge in [0.1, 0.15) is 0 Å². The van der Waals surface area contributed by atoms with Crippen LogP contribution in [0.3, 0.4) is 0 Å². The van der Waals surface area contributed by atoms with E-state index >= 15 is 0 Å². The van der Waals surface area contributed by atoms with Crippen LogP contribution in [0.25, 0.3) is 0 Å². The molecular weight excluding hydrogens is 310 g/mol. The standard InChI is InChI=1S/C14H14BrNOS/c1-2-10-4-5-11(18-10)8-14(17)9-3-6-13(16)12(15)7-9/h3-7H,2,8,16H2,1H3. The third kappa shape index (κ3) is 3.00. The van der Waals surface area contributed by atoms with E-state index in [0.29, 0.717) is 17.7 Å². The van der Waals surface area contributed by atoms with Crippen LogP contribution in [0.2, 0.25) is 0 Å². The molecule has 0 unspecified atom stereocenters. The number of Topliss-reactive ketones (excluding diaryl/α,β-unsaturated/α-hetero) is 1. The Labute approximate surface area is 119 Å². The molecule has 1 heterocycles. The monoisotopic (exact) mass is 323 g/mol. The van der Waals surface area contributed by atoms with Crippen molar-refractivity contribution in [1.82, 2.24) is 0 Å². The Bertz CT molecular complexity index is 577. The number of nitrogen functional groups attached to an aromatic ring is 1. The van der Waals surface area contributed by atoms with E-state index in [4.69, 9.17) is 5.73 Å². The first-order valence-electron chi connectivity index (χ1n) is 5.76. The van der Waals surface area contributed by atoms with Crippen molar-refractivity contribution in [3.63, 3.8) is 0 Å². The van der Waals surface area contributed by atoms with Gasteiger partial charge in [-0.3, -0.25) is 4.79 Å². The molecule has 0 bridgehead atoms. The summed E-state index contributed by atoms with van der Waals surface area (Å²) in [6, 6.07) is 9.44. The molecule has 94 valence electrons. The van der Waals surface area contributed by atoms with E-state index in [1.54, 1.807) is 29.5 Å². The normalized spacial score (nSPS) is 10.6. The van der Waals surface area contributed by atoms with Crippen LogP contribution in [0.1, 0.15) is 27.0 Å². The quantitative estimate of drug-likeness (QED) is 0.680. The molecule has 0 fully saturated rings. The number of thiophene rings is 1. The number of halogens is 1. The third-order valence-electron chi connectivity index (χ3n) is 2.72. The van der Waals surface area contributed by atoms with Crippen molar-refractivity contribution in [3.05, 3.63) is 50.1 Å². The van der Waals surface area contributed by atoms with Crippen LogP contribution in [0.4, 0.5) is 5.69 Å². The Kier molecular flexibility index (Phi) is 4.19. The molecule has 0 aliphatic carbocycles. The van der Waals surface area contributed by atoms with E-state index in [9.17, 15) is 4.79 Å². The summed E-state index contributed by atoms with van der Waals surface area (Å²) in [4.78, 5) is 14.6. The number of carbonyl (C=O) groups is 1. The van der Waals surface area contributed by atoms with Gasteiger partial charge in [0.05, 0.1) is 0 Å². The molecule has 0 saturated heterocycles. The van der Waals surface area contributed by atoms with E-state index in [2.05, 4.69) is 28.9 Å². The molecule has 1 aromatic carbocycles. The number of rotatable bonds is 4. The molecule has 18 heavy (non-hydrogen) atoms. The van der Waals surface area contributed by atoms with Gasteiger partial charge < -0.3 is 5.73 Å². The molecule has 2 nitrogen and oxygen atoms in total. The predicted octanol–water partition coefficient (Wildman–Crippen LogP) is 4.08. The average molecular weight is 324 g/mol. The lowest BCUT2D eigenvalue weighted by Crippen LogP contribution is -2.02. The first-order valence-corrected chi connectivity index (χ1v) is 7.37. The molecule has 0 aliphatic rings. The van der Waals surface area contributed by atoms with E-state index in [-0.39, 0.29) is 5.78 Å². The largest absolute Gasteiger partial charge is 0.398 e. The second kappa shape index (κ2) is 5.67. The summed E-state index contributed by atoms with van der Waals surface area (Å²) >= 11 is 5.05. The summed E-state index contributed by atoms with van der Waals surface area (Å²) in [5.74, 6) is 0.125. The van der Waals surface area contributed by atoms with E-state index in [1.807, 2.05) is 6.07 Å². The van der Waals surface area contributed by atoms with Gasteiger partial charge in [-0.25, -0.2) is 0 Å². The highest BCUT2D eigenvalue weighted by Crippen LogP contribution is 2.23. The summed E-state index contributed by atoms with van der Waals surface area (Å²) < 4.78 is 0.772. The van der Waals surface area contributed by atoms with E-state index in [1.165, 1.54) is 4.88 Å². The lowest BCUT2D eigenvalue weighted by Gasteiger charge is -2.02. The SMILES string of the molecule is CCc1ccc(CC(=O)c2ccc(N)c(Br)c2)s1. The van der Waals surface area contributed by atoms with Crippen LogP contribution in [0, 0.1) is 0 Å². The van der Waals surface area contributed by atoms with Crippen LogP contribution in [0.15, 0.2) is 34.8 Å². The van der Waals surface area contributed by atoms with Gasteiger partial charge in [-0.05, 0) is 52.7 Å². The van der Waals surface area contributed by atoms with Gasteiger partial charge in [0.15, 0.2) is 5.78 Å². The van der Waals surface area contributed by atoms with Gasteiger partial charge in [-0.15, -0.1) is 11.3 Å². The molecule has 2 rings (SSSR count). The fraction of sp³-hybridized carbons (Fsp3) is 0.214. The van der Waals surface area contributed by atoms with Gasteiger partial charge in [0, 0.05) is 31.9 Å². The highest BCUT2D eigenvalue weighted by molar-refractivity contribution is 9.10. The van der Waals surface area contributed by atoms with Gasteiger partial charge in [0.25, 0.3) is 0 Å². The molecule has 0 amide bonds. The topological polar surface area (TPSA) is 43.1 Å². The van der Waals surface area contributed by atoms with Crippen molar-refractivity contribution >= 4 is 38.7 Å². The fourth-order valence-electron chi connectivity index (χ4n) is 1.67. The predicted molar refractivity (Wildman–Crippen MR) is 80.3 cm³/mol. The van der Waals surface area contributed by atoms with Crippen molar-refractivity contribution in [2.45, 2.75) is 19.8 Å². The molecule has 0 atom stereocenters. The number of anilines is 1. The van der Waals surface area contributed by atoms with Crippen LogP contribution in [-0.2, 0) is 12.8 Å². The van der Waals surface area contributed by atoms with E-state index in [0.717, 1.165) is 15.8 Å². The second-order valence-corrected chi connectivity index (χ2v) is 6.17. The maximum Gasteiger partial charge on any atom is 0.168 e. The van der Waals surface area contributed by atoms with Gasteiger partial charge in [0.2, 0.25) is 0 Å². The van der Waals surface area contributed by atoms with Crippen molar-refractivity contribution < 1.29 is 4.79 Å². The minimum absolute atomic E-state index is 0.125. The molecule has 1 aromatic heterocycles. The lowest BCUT2D eigenvalue weighted by atomic mass is 10.1. The Balaban J connectivity index is 2.14. The number of hydrogen-bond acceptors (Lipinski definition) is 3. The second-order valence-electron chi connectivity index (χ2n) is 4.06.